The van der Waals surface area contributed by atoms with Crippen molar-refractivity contribution in [1.29, 1.82) is 0 Å². The molecule has 0 saturated heterocycles. The van der Waals surface area contributed by atoms with Crippen molar-refractivity contribution in [3.63, 3.8) is 0 Å². The topological polar surface area (TPSA) is 129 Å². The molecule has 1 aromatic heterocycles. The van der Waals surface area contributed by atoms with Crippen LogP contribution >= 0.6 is 0 Å². The Bertz CT molecular complexity index is 1640. The number of phenolic OH excluding ortho intramolecular Hbond substituents is 1. The highest BCUT2D eigenvalue weighted by Crippen LogP contribution is 2.31. The second kappa shape index (κ2) is 11.9. The standard InChI is InChI=1S/C31H29N3O6/c35-26-11-10-20-12-14-32-28(36)19-34(30(38)25-18-22-6-1-2-9-27(22)40-31(25)39)15-4-3-13-33-29(37)23-8-5-7-21(17-23)24(26)16-20/h1-2,5-11,16-18,35H,3-4,12-15,19H2,(H,32,36)(H,33,37). The largest absolute Gasteiger partial charge is 0.507 e. The zero-order chi connectivity index (χ0) is 28.1. The molecule has 0 unspecified atom stereocenters. The Morgan fingerprint density at radius 1 is 0.850 bits per heavy atom. The highest BCUT2D eigenvalue weighted by molar-refractivity contribution is 5.98. The molecule has 0 radical (unpaired) electrons. The Morgan fingerprint density at radius 3 is 2.55 bits per heavy atom. The van der Waals surface area contributed by atoms with Crippen LogP contribution in [0.5, 0.6) is 5.75 Å². The van der Waals surface area contributed by atoms with E-state index in [1.165, 1.54) is 11.0 Å². The number of benzene rings is 3. The smallest absolute Gasteiger partial charge is 0.349 e. The van der Waals surface area contributed by atoms with E-state index in [9.17, 15) is 24.3 Å². The molecule has 1 aliphatic rings. The fourth-order valence-corrected chi connectivity index (χ4v) is 4.74. The molecule has 40 heavy (non-hydrogen) atoms. The first-order valence-corrected chi connectivity index (χ1v) is 13.2. The summed E-state index contributed by atoms with van der Waals surface area (Å²) in [7, 11) is 0. The van der Waals surface area contributed by atoms with Gasteiger partial charge in [0, 0.05) is 36.1 Å². The van der Waals surface area contributed by atoms with Gasteiger partial charge in [0.2, 0.25) is 5.91 Å². The molecule has 3 aromatic carbocycles. The number of para-hydroxylation sites is 1. The lowest BCUT2D eigenvalue weighted by Crippen LogP contribution is -2.43. The first-order valence-electron chi connectivity index (χ1n) is 13.2. The van der Waals surface area contributed by atoms with Gasteiger partial charge in [-0.3, -0.25) is 14.4 Å². The summed E-state index contributed by atoms with van der Waals surface area (Å²) in [6.07, 6.45) is 1.53. The van der Waals surface area contributed by atoms with Crippen LogP contribution in [-0.4, -0.2) is 53.9 Å². The molecule has 4 aromatic rings. The number of aromatic hydroxyl groups is 1. The van der Waals surface area contributed by atoms with Crippen LogP contribution in [0.2, 0.25) is 0 Å². The van der Waals surface area contributed by atoms with Gasteiger partial charge in [-0.25, -0.2) is 4.79 Å². The van der Waals surface area contributed by atoms with Gasteiger partial charge in [-0.05, 0) is 66.8 Å². The monoisotopic (exact) mass is 539 g/mol. The maximum atomic E-state index is 13.4. The van der Waals surface area contributed by atoms with E-state index >= 15 is 0 Å². The second-order valence-corrected chi connectivity index (χ2v) is 9.71. The number of carbonyl (C=O) groups is 3. The van der Waals surface area contributed by atoms with E-state index < -0.39 is 11.5 Å². The fourth-order valence-electron chi connectivity index (χ4n) is 4.74. The van der Waals surface area contributed by atoms with Gasteiger partial charge in [-0.15, -0.1) is 0 Å². The van der Waals surface area contributed by atoms with Gasteiger partial charge in [-0.1, -0.05) is 36.4 Å². The molecule has 0 saturated carbocycles. The van der Waals surface area contributed by atoms with Crippen molar-refractivity contribution in [3.8, 4) is 16.9 Å². The van der Waals surface area contributed by atoms with Crippen molar-refractivity contribution in [1.82, 2.24) is 15.5 Å². The summed E-state index contributed by atoms with van der Waals surface area (Å²) in [6.45, 7) is 0.649. The average Bonchev–Trinajstić information content (AvgIpc) is 2.96. The number of hydrogen-bond acceptors (Lipinski definition) is 6. The fraction of sp³-hybridized carbons (Fsp3) is 0.226. The van der Waals surface area contributed by atoms with Gasteiger partial charge in [0.1, 0.15) is 16.9 Å². The molecular weight excluding hydrogens is 510 g/mol. The number of phenols is 1. The molecule has 204 valence electrons. The molecule has 4 bridgehead atoms. The predicted molar refractivity (Wildman–Crippen MR) is 150 cm³/mol. The SMILES string of the molecule is O=C1CN(C(=O)c2cc3ccccc3oc2=O)CCCCNC(=O)c2cccc(c2)-c2cc(ccc2O)CCN1. The van der Waals surface area contributed by atoms with Gasteiger partial charge in [0.15, 0.2) is 0 Å². The highest BCUT2D eigenvalue weighted by Gasteiger charge is 2.23. The number of nitrogens with one attached hydrogen (secondary N) is 2. The molecule has 0 aliphatic carbocycles. The van der Waals surface area contributed by atoms with E-state index in [1.54, 1.807) is 54.6 Å². The molecule has 0 fully saturated rings. The van der Waals surface area contributed by atoms with Crippen LogP contribution in [0.15, 0.2) is 82.0 Å². The third-order valence-electron chi connectivity index (χ3n) is 6.87. The second-order valence-electron chi connectivity index (χ2n) is 9.71. The minimum atomic E-state index is -0.763. The number of carbonyl (C=O) groups excluding carboxylic acids is 3. The zero-order valence-corrected chi connectivity index (χ0v) is 21.8. The Kier molecular flexibility index (Phi) is 7.91. The van der Waals surface area contributed by atoms with E-state index in [0.29, 0.717) is 60.0 Å². The Hall–Kier alpha value is -4.92. The molecule has 2 heterocycles. The Morgan fingerprint density at radius 2 is 1.68 bits per heavy atom. The number of fused-ring (bicyclic) bond motifs is 6. The molecule has 3 amide bonds. The first kappa shape index (κ1) is 26.7. The molecule has 3 N–H and O–H groups in total. The minimum absolute atomic E-state index is 0.0899. The van der Waals surface area contributed by atoms with Crippen molar-refractivity contribution < 1.29 is 23.9 Å². The predicted octanol–water partition coefficient (Wildman–Crippen LogP) is 3.49. The zero-order valence-electron chi connectivity index (χ0n) is 21.8. The summed E-state index contributed by atoms with van der Waals surface area (Å²) in [4.78, 5) is 53.0. The van der Waals surface area contributed by atoms with Crippen molar-refractivity contribution >= 4 is 28.7 Å². The molecule has 0 atom stereocenters. The van der Waals surface area contributed by atoms with E-state index in [0.717, 1.165) is 5.56 Å². The van der Waals surface area contributed by atoms with Crippen molar-refractivity contribution in [3.05, 3.63) is 99.9 Å². The van der Waals surface area contributed by atoms with Crippen LogP contribution in [0.25, 0.3) is 22.1 Å². The van der Waals surface area contributed by atoms with Crippen molar-refractivity contribution in [2.45, 2.75) is 19.3 Å². The quantitative estimate of drug-likeness (QED) is 0.318. The first-order chi connectivity index (χ1) is 19.4. The minimum Gasteiger partial charge on any atom is -0.507 e. The number of amides is 3. The van der Waals surface area contributed by atoms with Gasteiger partial charge in [-0.2, -0.15) is 0 Å². The van der Waals surface area contributed by atoms with Crippen LogP contribution in [0, 0.1) is 0 Å². The number of nitrogens with zero attached hydrogens (tertiary/aromatic N) is 1. The van der Waals surface area contributed by atoms with E-state index in [-0.39, 0.29) is 36.2 Å². The van der Waals surface area contributed by atoms with Crippen LogP contribution < -0.4 is 16.3 Å². The highest BCUT2D eigenvalue weighted by atomic mass is 16.4. The van der Waals surface area contributed by atoms with Gasteiger partial charge >= 0.3 is 5.63 Å². The van der Waals surface area contributed by atoms with E-state index in [4.69, 9.17) is 4.42 Å². The van der Waals surface area contributed by atoms with Crippen LogP contribution in [0.1, 0.15) is 39.1 Å². The molecule has 0 spiro atoms. The normalized spacial score (nSPS) is 15.1. The van der Waals surface area contributed by atoms with E-state index in [2.05, 4.69) is 10.6 Å². The van der Waals surface area contributed by atoms with Gasteiger partial charge in [0.25, 0.3) is 11.8 Å². The molecular formula is C31H29N3O6. The Labute approximate surface area is 230 Å². The lowest BCUT2D eigenvalue weighted by atomic mass is 9.98. The van der Waals surface area contributed by atoms with Crippen molar-refractivity contribution in [2.75, 3.05) is 26.2 Å². The summed E-state index contributed by atoms with van der Waals surface area (Å²) in [5, 5.41) is 16.8. The van der Waals surface area contributed by atoms with Gasteiger partial charge in [0.05, 0.1) is 6.54 Å². The van der Waals surface area contributed by atoms with Gasteiger partial charge < -0.3 is 25.1 Å². The lowest BCUT2D eigenvalue weighted by molar-refractivity contribution is -0.121. The molecule has 1 aliphatic heterocycles. The number of hydrogen-bond donors (Lipinski definition) is 3. The molecule has 9 nitrogen and oxygen atoms in total. The van der Waals surface area contributed by atoms with Crippen LogP contribution in [0.4, 0.5) is 0 Å². The van der Waals surface area contributed by atoms with E-state index in [1.807, 2.05) is 12.1 Å². The maximum Gasteiger partial charge on any atom is 0.349 e. The summed E-state index contributed by atoms with van der Waals surface area (Å²) in [5.41, 5.74) is 2.12. The van der Waals surface area contributed by atoms with Crippen LogP contribution in [0.3, 0.4) is 0 Å². The average molecular weight is 540 g/mol. The molecule has 5 rings (SSSR count). The lowest BCUT2D eigenvalue weighted by Gasteiger charge is -2.22. The third-order valence-corrected chi connectivity index (χ3v) is 6.87. The summed E-state index contributed by atoms with van der Waals surface area (Å²) >= 11 is 0. The Balaban J connectivity index is 1.39. The summed E-state index contributed by atoms with van der Waals surface area (Å²) < 4.78 is 5.34. The summed E-state index contributed by atoms with van der Waals surface area (Å²) in [6, 6.07) is 20.6. The van der Waals surface area contributed by atoms with Crippen molar-refractivity contribution in [2.24, 2.45) is 0 Å². The van der Waals surface area contributed by atoms with Crippen LogP contribution in [-0.2, 0) is 11.2 Å². The maximum absolute atomic E-state index is 13.4. The molecule has 9 heteroatoms. The summed E-state index contributed by atoms with van der Waals surface area (Å²) in [5.74, 6) is -1.11. The number of rotatable bonds is 1. The third kappa shape index (κ3) is 6.04.